The molecule has 0 N–H and O–H groups in total. The Morgan fingerprint density at radius 1 is 1.11 bits per heavy atom. The third kappa shape index (κ3) is 3.33. The second-order valence-electron chi connectivity index (χ2n) is 4.27. The van der Waals surface area contributed by atoms with Crippen LogP contribution in [0.25, 0.3) is 0 Å². The summed E-state index contributed by atoms with van der Waals surface area (Å²) in [4.78, 5) is 0.0235. The Balaban J connectivity index is 2.51. The summed E-state index contributed by atoms with van der Waals surface area (Å²) in [6, 6.07) is 11.9. The van der Waals surface area contributed by atoms with E-state index in [0.717, 1.165) is 21.3 Å². The molecule has 2 aromatic rings. The highest BCUT2D eigenvalue weighted by Gasteiger charge is 2.18. The van der Waals surface area contributed by atoms with E-state index in [1.165, 1.54) is 5.56 Å². The molecule has 0 saturated heterocycles. The lowest BCUT2D eigenvalue weighted by molar-refractivity contribution is 0.410. The third-order valence-corrected chi connectivity index (χ3v) is 4.83. The number of alkyl halides is 1. The van der Waals surface area contributed by atoms with Gasteiger partial charge in [0.25, 0.3) is 0 Å². The summed E-state index contributed by atoms with van der Waals surface area (Å²) in [5.74, 6) is 0.819. The van der Waals surface area contributed by atoms with Crippen LogP contribution in [0.1, 0.15) is 21.5 Å². The standard InChI is InChI=1S/C15H13Br2ClO/c1-9-3-5-13(16)11(7-9)15(17)12-8-10(18)4-6-14(12)19-2/h3-8,15H,1-2H3. The summed E-state index contributed by atoms with van der Waals surface area (Å²) in [5, 5.41) is 0.698. The second kappa shape index (κ2) is 6.29. The molecule has 0 amide bonds. The number of rotatable bonds is 3. The van der Waals surface area contributed by atoms with Gasteiger partial charge in [-0.3, -0.25) is 0 Å². The number of halogens is 3. The highest BCUT2D eigenvalue weighted by atomic mass is 79.9. The van der Waals surface area contributed by atoms with Gasteiger partial charge in [0.2, 0.25) is 0 Å². The summed E-state index contributed by atoms with van der Waals surface area (Å²) in [7, 11) is 1.66. The van der Waals surface area contributed by atoms with Gasteiger partial charge in [0.05, 0.1) is 11.9 Å². The zero-order chi connectivity index (χ0) is 14.0. The van der Waals surface area contributed by atoms with Crippen molar-refractivity contribution in [3.05, 3.63) is 62.6 Å². The van der Waals surface area contributed by atoms with Crippen LogP contribution in [-0.2, 0) is 0 Å². The smallest absolute Gasteiger partial charge is 0.123 e. The van der Waals surface area contributed by atoms with Crippen molar-refractivity contribution < 1.29 is 4.74 Å². The molecule has 2 rings (SSSR count). The Morgan fingerprint density at radius 2 is 1.84 bits per heavy atom. The lowest BCUT2D eigenvalue weighted by Crippen LogP contribution is -1.98. The minimum atomic E-state index is 0.0235. The summed E-state index contributed by atoms with van der Waals surface area (Å²) in [6.45, 7) is 2.07. The molecule has 0 heterocycles. The van der Waals surface area contributed by atoms with Crippen LogP contribution in [0, 0.1) is 6.92 Å². The molecule has 0 spiro atoms. The molecule has 2 aromatic carbocycles. The molecular weight excluding hydrogens is 391 g/mol. The van der Waals surface area contributed by atoms with Crippen molar-refractivity contribution in [3.8, 4) is 5.75 Å². The van der Waals surface area contributed by atoms with E-state index in [0.29, 0.717) is 5.02 Å². The zero-order valence-corrected chi connectivity index (χ0v) is 14.5. The third-order valence-electron chi connectivity index (χ3n) is 2.89. The van der Waals surface area contributed by atoms with E-state index < -0.39 is 0 Å². The first kappa shape index (κ1) is 14.9. The molecule has 0 radical (unpaired) electrons. The molecule has 1 unspecified atom stereocenters. The van der Waals surface area contributed by atoms with Crippen molar-refractivity contribution in [2.45, 2.75) is 11.8 Å². The number of aryl methyl sites for hydroxylation is 1. The molecule has 1 nitrogen and oxygen atoms in total. The van der Waals surface area contributed by atoms with Crippen LogP contribution < -0.4 is 4.74 Å². The minimum absolute atomic E-state index is 0.0235. The largest absolute Gasteiger partial charge is 0.496 e. The van der Waals surface area contributed by atoms with E-state index in [9.17, 15) is 0 Å². The molecule has 0 bridgehead atoms. The average molecular weight is 405 g/mol. The molecule has 0 aromatic heterocycles. The minimum Gasteiger partial charge on any atom is -0.496 e. The molecule has 0 saturated carbocycles. The maximum Gasteiger partial charge on any atom is 0.123 e. The fraction of sp³-hybridized carbons (Fsp3) is 0.200. The summed E-state index contributed by atoms with van der Waals surface area (Å²) >= 11 is 13.4. The maximum atomic E-state index is 6.09. The van der Waals surface area contributed by atoms with Gasteiger partial charge in [-0.1, -0.05) is 61.2 Å². The van der Waals surface area contributed by atoms with Crippen LogP contribution in [0.2, 0.25) is 5.02 Å². The predicted molar refractivity (Wildman–Crippen MR) is 87.7 cm³/mol. The SMILES string of the molecule is COc1ccc(Cl)cc1C(Br)c1cc(C)ccc1Br. The maximum absolute atomic E-state index is 6.09. The Morgan fingerprint density at radius 3 is 2.53 bits per heavy atom. The van der Waals surface area contributed by atoms with Crippen molar-refractivity contribution in [1.29, 1.82) is 0 Å². The molecule has 4 heteroatoms. The fourth-order valence-corrected chi connectivity index (χ4v) is 3.63. The van der Waals surface area contributed by atoms with Gasteiger partial charge in [-0.2, -0.15) is 0 Å². The van der Waals surface area contributed by atoms with Crippen LogP contribution in [0.3, 0.4) is 0 Å². The first-order valence-electron chi connectivity index (χ1n) is 5.76. The molecule has 0 aliphatic rings. The number of hydrogen-bond donors (Lipinski definition) is 0. The van der Waals surface area contributed by atoms with Gasteiger partial charge in [0, 0.05) is 15.1 Å². The van der Waals surface area contributed by atoms with E-state index in [1.54, 1.807) is 7.11 Å². The van der Waals surface area contributed by atoms with E-state index in [-0.39, 0.29) is 4.83 Å². The van der Waals surface area contributed by atoms with Gasteiger partial charge in [-0.05, 0) is 36.8 Å². The van der Waals surface area contributed by atoms with Crippen molar-refractivity contribution in [2.24, 2.45) is 0 Å². The highest BCUT2D eigenvalue weighted by molar-refractivity contribution is 9.11. The van der Waals surface area contributed by atoms with Gasteiger partial charge >= 0.3 is 0 Å². The topological polar surface area (TPSA) is 9.23 Å². The van der Waals surface area contributed by atoms with Gasteiger partial charge in [0.15, 0.2) is 0 Å². The Bertz CT molecular complexity index is 599. The van der Waals surface area contributed by atoms with E-state index in [2.05, 4.69) is 57.0 Å². The van der Waals surface area contributed by atoms with Crippen LogP contribution in [0.4, 0.5) is 0 Å². The van der Waals surface area contributed by atoms with E-state index >= 15 is 0 Å². The Labute approximate surface area is 135 Å². The summed E-state index contributed by atoms with van der Waals surface area (Å²) in [6.07, 6.45) is 0. The van der Waals surface area contributed by atoms with Crippen LogP contribution >= 0.6 is 43.5 Å². The number of benzene rings is 2. The van der Waals surface area contributed by atoms with Crippen molar-refractivity contribution in [2.75, 3.05) is 7.11 Å². The molecule has 19 heavy (non-hydrogen) atoms. The predicted octanol–water partition coefficient (Wildman–Crippen LogP) is 5.90. The van der Waals surface area contributed by atoms with Crippen LogP contribution in [-0.4, -0.2) is 7.11 Å². The van der Waals surface area contributed by atoms with Crippen molar-refractivity contribution in [1.82, 2.24) is 0 Å². The van der Waals surface area contributed by atoms with Crippen LogP contribution in [0.15, 0.2) is 40.9 Å². The molecule has 0 aliphatic carbocycles. The quantitative estimate of drug-likeness (QED) is 0.579. The Kier molecular flexibility index (Phi) is 4.93. The average Bonchev–Trinajstić information content (AvgIpc) is 2.40. The monoisotopic (exact) mass is 402 g/mol. The lowest BCUT2D eigenvalue weighted by atomic mass is 10.0. The molecule has 0 aliphatic heterocycles. The molecular formula is C15H13Br2ClO. The fourth-order valence-electron chi connectivity index (χ4n) is 1.93. The first-order valence-corrected chi connectivity index (χ1v) is 7.85. The van der Waals surface area contributed by atoms with Crippen LogP contribution in [0.5, 0.6) is 5.75 Å². The van der Waals surface area contributed by atoms with Crippen molar-refractivity contribution >= 4 is 43.5 Å². The number of methoxy groups -OCH3 is 1. The normalized spacial score (nSPS) is 12.3. The number of ether oxygens (including phenoxy) is 1. The van der Waals surface area contributed by atoms with E-state index in [1.807, 2.05) is 18.2 Å². The van der Waals surface area contributed by atoms with E-state index in [4.69, 9.17) is 16.3 Å². The van der Waals surface area contributed by atoms with Gasteiger partial charge < -0.3 is 4.74 Å². The first-order chi connectivity index (χ1) is 9.02. The zero-order valence-electron chi connectivity index (χ0n) is 10.6. The molecule has 0 fully saturated rings. The van der Waals surface area contributed by atoms with Gasteiger partial charge in [0.1, 0.15) is 5.75 Å². The summed E-state index contributed by atoms with van der Waals surface area (Å²) < 4.78 is 6.47. The van der Waals surface area contributed by atoms with Gasteiger partial charge in [-0.15, -0.1) is 0 Å². The summed E-state index contributed by atoms with van der Waals surface area (Å²) in [5.41, 5.74) is 3.38. The molecule has 1 atom stereocenters. The second-order valence-corrected chi connectivity index (χ2v) is 6.48. The molecule has 100 valence electrons. The number of hydrogen-bond acceptors (Lipinski definition) is 1. The Hall–Kier alpha value is -0.510. The lowest BCUT2D eigenvalue weighted by Gasteiger charge is -2.17. The van der Waals surface area contributed by atoms with Gasteiger partial charge in [-0.25, -0.2) is 0 Å². The highest BCUT2D eigenvalue weighted by Crippen LogP contribution is 2.40. The van der Waals surface area contributed by atoms with Crippen molar-refractivity contribution in [3.63, 3.8) is 0 Å².